The lowest BCUT2D eigenvalue weighted by molar-refractivity contribution is 0.0822. The number of likely N-dealkylation sites (tertiary alicyclic amines) is 1. The summed E-state index contributed by atoms with van der Waals surface area (Å²) >= 11 is 6.18. The number of fused-ring (bicyclic) bond motifs is 1. The van der Waals surface area contributed by atoms with Gasteiger partial charge in [0.15, 0.2) is 0 Å². The molecule has 2 aliphatic rings. The van der Waals surface area contributed by atoms with E-state index in [0.717, 1.165) is 38.2 Å². The number of benzene rings is 2. The molecule has 1 amide bonds. The van der Waals surface area contributed by atoms with E-state index in [2.05, 4.69) is 46.7 Å². The third-order valence-electron chi connectivity index (χ3n) is 5.17. The van der Waals surface area contributed by atoms with Crippen molar-refractivity contribution >= 4 is 23.2 Å². The van der Waals surface area contributed by atoms with Gasteiger partial charge >= 0.3 is 0 Å². The number of piperidine rings is 1. The minimum absolute atomic E-state index is 0.0773. The number of carbonyl (C=O) groups excluding carboxylic acids is 1. The fraction of sp³-hybridized carbons (Fsp3) is 0.350. The summed E-state index contributed by atoms with van der Waals surface area (Å²) in [6.45, 7) is 4.96. The van der Waals surface area contributed by atoms with Crippen molar-refractivity contribution in [2.24, 2.45) is 0 Å². The van der Waals surface area contributed by atoms with E-state index in [1.807, 2.05) is 12.1 Å². The average Bonchev–Trinajstić information content (AvgIpc) is 2.57. The van der Waals surface area contributed by atoms with Gasteiger partial charge in [-0.3, -0.25) is 9.69 Å². The third kappa shape index (κ3) is 3.24. The summed E-state index contributed by atoms with van der Waals surface area (Å²) < 4.78 is 0. The molecule has 130 valence electrons. The molecule has 2 aromatic carbocycles. The fourth-order valence-corrected chi connectivity index (χ4v) is 4.10. The lowest BCUT2D eigenvalue weighted by Gasteiger charge is -2.46. The van der Waals surface area contributed by atoms with E-state index in [4.69, 9.17) is 11.6 Å². The second-order valence-corrected chi connectivity index (χ2v) is 7.50. The van der Waals surface area contributed by atoms with E-state index < -0.39 is 0 Å². The molecule has 1 spiro atoms. The second kappa shape index (κ2) is 6.36. The smallest absolute Gasteiger partial charge is 0.256 e. The predicted octanol–water partition coefficient (Wildman–Crippen LogP) is 3.80. The van der Waals surface area contributed by atoms with Crippen LogP contribution < -0.4 is 10.6 Å². The van der Waals surface area contributed by atoms with Gasteiger partial charge in [-0.1, -0.05) is 47.5 Å². The number of nitrogens with zero attached hydrogens (tertiary/aromatic N) is 1. The molecule has 4 rings (SSSR count). The maximum Gasteiger partial charge on any atom is 0.256 e. The van der Waals surface area contributed by atoms with Crippen molar-refractivity contribution in [3.05, 3.63) is 64.2 Å². The molecule has 25 heavy (non-hydrogen) atoms. The minimum atomic E-state index is -0.363. The number of hydrogen-bond acceptors (Lipinski definition) is 3. The Hall–Kier alpha value is -2.04. The van der Waals surface area contributed by atoms with Crippen molar-refractivity contribution in [2.75, 3.05) is 18.4 Å². The highest BCUT2D eigenvalue weighted by Crippen LogP contribution is 2.34. The monoisotopic (exact) mass is 355 g/mol. The molecule has 4 nitrogen and oxygen atoms in total. The average molecular weight is 356 g/mol. The zero-order valence-corrected chi connectivity index (χ0v) is 15.1. The van der Waals surface area contributed by atoms with Crippen LogP contribution in [0.25, 0.3) is 0 Å². The quantitative estimate of drug-likeness (QED) is 0.861. The van der Waals surface area contributed by atoms with Crippen LogP contribution >= 0.6 is 11.6 Å². The first kappa shape index (κ1) is 16.4. The molecule has 2 aliphatic heterocycles. The highest BCUT2D eigenvalue weighted by molar-refractivity contribution is 6.34. The number of hydrogen-bond donors (Lipinski definition) is 2. The van der Waals surface area contributed by atoms with Crippen LogP contribution in [0.1, 0.15) is 34.3 Å². The molecule has 2 N–H and O–H groups in total. The summed E-state index contributed by atoms with van der Waals surface area (Å²) in [5.41, 5.74) is 3.66. The van der Waals surface area contributed by atoms with Gasteiger partial charge in [0.25, 0.3) is 5.91 Å². The van der Waals surface area contributed by atoms with E-state index in [0.29, 0.717) is 10.6 Å². The normalized spacial score (nSPS) is 19.2. The Kier molecular flexibility index (Phi) is 4.18. The van der Waals surface area contributed by atoms with Crippen LogP contribution in [0.4, 0.5) is 5.69 Å². The molecule has 0 atom stereocenters. The zero-order chi connectivity index (χ0) is 17.4. The highest BCUT2D eigenvalue weighted by Gasteiger charge is 2.40. The van der Waals surface area contributed by atoms with Crippen molar-refractivity contribution in [1.29, 1.82) is 0 Å². The molecular formula is C20H22ClN3O. The molecule has 0 saturated carbocycles. The number of rotatable bonds is 2. The van der Waals surface area contributed by atoms with Crippen LogP contribution in [0.2, 0.25) is 5.02 Å². The highest BCUT2D eigenvalue weighted by atomic mass is 35.5. The number of amides is 1. The van der Waals surface area contributed by atoms with Gasteiger partial charge in [-0.25, -0.2) is 0 Å². The van der Waals surface area contributed by atoms with E-state index in [9.17, 15) is 4.79 Å². The van der Waals surface area contributed by atoms with Gasteiger partial charge in [-0.2, -0.15) is 0 Å². The Balaban J connectivity index is 1.46. The van der Waals surface area contributed by atoms with Crippen LogP contribution in [0.15, 0.2) is 42.5 Å². The minimum Gasteiger partial charge on any atom is -0.362 e. The van der Waals surface area contributed by atoms with E-state index >= 15 is 0 Å². The Morgan fingerprint density at radius 3 is 2.64 bits per heavy atom. The molecule has 2 heterocycles. The number of nitrogens with one attached hydrogen (secondary N) is 2. The molecule has 0 bridgehead atoms. The molecule has 0 unspecified atom stereocenters. The standard InChI is InChI=1S/C20H22ClN3O/c1-14-4-2-5-15(12-14)13-24-10-8-20(9-11-24)22-17-7-3-6-16(21)18(17)19(25)23-20/h2-7,12,22H,8-11,13H2,1H3,(H,23,25). The predicted molar refractivity (Wildman–Crippen MR) is 101 cm³/mol. The number of halogens is 1. The summed E-state index contributed by atoms with van der Waals surface area (Å²) in [6.07, 6.45) is 1.74. The summed E-state index contributed by atoms with van der Waals surface area (Å²) in [5.74, 6) is -0.0773. The van der Waals surface area contributed by atoms with Gasteiger partial charge in [0.05, 0.1) is 16.3 Å². The van der Waals surface area contributed by atoms with E-state index in [1.165, 1.54) is 11.1 Å². The second-order valence-electron chi connectivity index (χ2n) is 7.09. The molecule has 2 aromatic rings. The molecule has 1 fully saturated rings. The summed E-state index contributed by atoms with van der Waals surface area (Å²) in [7, 11) is 0. The largest absolute Gasteiger partial charge is 0.362 e. The van der Waals surface area contributed by atoms with Crippen LogP contribution in [-0.2, 0) is 6.54 Å². The maximum absolute atomic E-state index is 12.5. The SMILES string of the molecule is Cc1cccc(CN2CCC3(CC2)NC(=O)c2c(Cl)cccc2N3)c1. The Morgan fingerprint density at radius 1 is 1.12 bits per heavy atom. The first-order chi connectivity index (χ1) is 12.0. The summed E-state index contributed by atoms with van der Waals surface area (Å²) in [5, 5.41) is 7.19. The Bertz CT molecular complexity index is 812. The molecule has 5 heteroatoms. The Morgan fingerprint density at radius 2 is 1.88 bits per heavy atom. The number of aryl methyl sites for hydroxylation is 1. The molecule has 0 radical (unpaired) electrons. The van der Waals surface area contributed by atoms with Crippen LogP contribution in [0.5, 0.6) is 0 Å². The molecular weight excluding hydrogens is 334 g/mol. The topological polar surface area (TPSA) is 44.4 Å². The van der Waals surface area contributed by atoms with Gasteiger partial charge in [0.2, 0.25) is 0 Å². The van der Waals surface area contributed by atoms with Crippen LogP contribution in [0.3, 0.4) is 0 Å². The number of carbonyl (C=O) groups is 1. The molecule has 0 aromatic heterocycles. The van der Waals surface area contributed by atoms with Crippen molar-refractivity contribution in [1.82, 2.24) is 10.2 Å². The van der Waals surface area contributed by atoms with Gasteiger partial charge < -0.3 is 10.6 Å². The van der Waals surface area contributed by atoms with Gasteiger partial charge in [-0.15, -0.1) is 0 Å². The van der Waals surface area contributed by atoms with E-state index in [1.54, 1.807) is 6.07 Å². The summed E-state index contributed by atoms with van der Waals surface area (Å²) in [6, 6.07) is 14.2. The zero-order valence-electron chi connectivity index (χ0n) is 14.3. The molecule has 0 aliphatic carbocycles. The van der Waals surface area contributed by atoms with Crippen molar-refractivity contribution in [3.8, 4) is 0 Å². The molecule has 1 saturated heterocycles. The van der Waals surface area contributed by atoms with Crippen LogP contribution in [-0.4, -0.2) is 29.6 Å². The van der Waals surface area contributed by atoms with Crippen molar-refractivity contribution < 1.29 is 4.79 Å². The van der Waals surface area contributed by atoms with Gasteiger partial charge in [0, 0.05) is 32.5 Å². The lowest BCUT2D eigenvalue weighted by atomic mass is 9.92. The van der Waals surface area contributed by atoms with Gasteiger partial charge in [0.1, 0.15) is 5.66 Å². The first-order valence-electron chi connectivity index (χ1n) is 8.72. The number of anilines is 1. The van der Waals surface area contributed by atoms with Crippen LogP contribution in [0, 0.1) is 6.92 Å². The Labute approximate surface area is 153 Å². The van der Waals surface area contributed by atoms with Crippen molar-refractivity contribution in [2.45, 2.75) is 32.0 Å². The van der Waals surface area contributed by atoms with Gasteiger partial charge in [-0.05, 0) is 24.6 Å². The summed E-state index contributed by atoms with van der Waals surface area (Å²) in [4.78, 5) is 15.0. The first-order valence-corrected chi connectivity index (χ1v) is 9.10. The fourth-order valence-electron chi connectivity index (χ4n) is 3.84. The third-order valence-corrected chi connectivity index (χ3v) is 5.48. The van der Waals surface area contributed by atoms with Crippen molar-refractivity contribution in [3.63, 3.8) is 0 Å². The lowest BCUT2D eigenvalue weighted by Crippen LogP contribution is -2.62. The van der Waals surface area contributed by atoms with E-state index in [-0.39, 0.29) is 11.6 Å². The maximum atomic E-state index is 12.5.